The predicted molar refractivity (Wildman–Crippen MR) is 109 cm³/mol. The zero-order chi connectivity index (χ0) is 18.4. The van der Waals surface area contributed by atoms with Crippen LogP contribution in [0.5, 0.6) is 0 Å². The molecule has 149 valence electrons. The number of ether oxygens (including phenoxy) is 1. The first kappa shape index (κ1) is 24.5. The Morgan fingerprint density at radius 3 is 1.80 bits per heavy atom. The average molecular weight is 354 g/mol. The molecule has 0 aromatic rings. The zero-order valence-corrected chi connectivity index (χ0v) is 17.3. The highest BCUT2D eigenvalue weighted by Gasteiger charge is 2.07. The Balaban J connectivity index is 3.66. The molecule has 1 atom stereocenters. The van der Waals surface area contributed by atoms with E-state index in [1.54, 1.807) is 0 Å². The Kier molecular flexibility index (Phi) is 21.1. The third kappa shape index (κ3) is 19.7. The number of hydrogen-bond acceptors (Lipinski definition) is 1. The minimum absolute atomic E-state index is 0.0261. The number of allylic oxidation sites excluding steroid dienone is 1. The lowest BCUT2D eigenvalue weighted by molar-refractivity contribution is 0.104. The average Bonchev–Trinajstić information content (AvgIpc) is 2.63. The molecule has 1 unspecified atom stereocenters. The normalized spacial score (nSPS) is 12.8. The van der Waals surface area contributed by atoms with E-state index in [1.165, 1.54) is 83.5 Å². The lowest BCUT2D eigenvalue weighted by Gasteiger charge is -2.16. The van der Waals surface area contributed by atoms with Crippen LogP contribution >= 0.6 is 0 Å². The van der Waals surface area contributed by atoms with Crippen molar-refractivity contribution in [3.63, 3.8) is 0 Å². The Bertz CT molecular complexity index is 263. The molecule has 0 aromatic heterocycles. The van der Waals surface area contributed by atoms with Crippen molar-refractivity contribution in [2.24, 2.45) is 0 Å². The second-order valence-corrected chi connectivity index (χ2v) is 7.44. The van der Waals surface area contributed by atoms with E-state index in [4.69, 9.17) is 4.74 Å². The van der Waals surface area contributed by atoms with Gasteiger partial charge in [-0.1, -0.05) is 84.5 Å². The fourth-order valence-electron chi connectivity index (χ4n) is 3.20. The van der Waals surface area contributed by atoms with Gasteiger partial charge >= 0.3 is 0 Å². The first-order chi connectivity index (χ1) is 12.3. The van der Waals surface area contributed by atoms with Crippen LogP contribution in [0.25, 0.3) is 0 Å². The summed E-state index contributed by atoms with van der Waals surface area (Å²) in [6.07, 6.45) is 25.6. The molecule has 0 N–H and O–H groups in total. The molecule has 2 nitrogen and oxygen atoms in total. The molecule has 25 heavy (non-hydrogen) atoms. The lowest BCUT2D eigenvalue weighted by atomic mass is 10.0. The van der Waals surface area contributed by atoms with Crippen LogP contribution in [-0.2, 0) is 9.84 Å². The lowest BCUT2D eigenvalue weighted by Crippen LogP contribution is -2.10. The molecule has 2 heteroatoms. The van der Waals surface area contributed by atoms with Crippen LogP contribution in [0, 0.1) is 0 Å². The van der Waals surface area contributed by atoms with Crippen molar-refractivity contribution < 1.29 is 9.84 Å². The largest absolute Gasteiger partial charge is 0.498 e. The summed E-state index contributed by atoms with van der Waals surface area (Å²) in [6, 6.07) is 0. The molecule has 0 bridgehead atoms. The third-order valence-electron chi connectivity index (χ3n) is 4.89. The van der Waals surface area contributed by atoms with E-state index in [1.807, 2.05) is 6.26 Å². The van der Waals surface area contributed by atoms with Gasteiger partial charge in [0, 0.05) is 0 Å². The van der Waals surface area contributed by atoms with Crippen LogP contribution in [0.4, 0.5) is 0 Å². The smallest absolute Gasteiger partial charge is 0.0979 e. The first-order valence-electron chi connectivity index (χ1n) is 11.2. The van der Waals surface area contributed by atoms with Crippen LogP contribution in [0.1, 0.15) is 123 Å². The number of unbranched alkanes of at least 4 members (excludes halogenated alkanes) is 12. The van der Waals surface area contributed by atoms with Crippen LogP contribution in [0.2, 0.25) is 0 Å². The second kappa shape index (κ2) is 21.5. The quantitative estimate of drug-likeness (QED) is 0.161. The van der Waals surface area contributed by atoms with Gasteiger partial charge in [0.25, 0.3) is 0 Å². The third-order valence-corrected chi connectivity index (χ3v) is 4.89. The van der Waals surface area contributed by atoms with Gasteiger partial charge < -0.3 is 4.74 Å². The molecule has 0 rings (SSSR count). The van der Waals surface area contributed by atoms with Gasteiger partial charge in [-0.15, -0.1) is 0 Å². The minimum atomic E-state index is 0.0261. The Labute approximate surface area is 158 Å². The van der Waals surface area contributed by atoms with Crippen molar-refractivity contribution in [3.8, 4) is 0 Å². The van der Waals surface area contributed by atoms with E-state index in [0.29, 0.717) is 0 Å². The molecule has 0 aromatic carbocycles. The van der Waals surface area contributed by atoms with Crippen molar-refractivity contribution in [2.75, 3.05) is 6.61 Å². The maximum absolute atomic E-state index is 10.8. The Morgan fingerprint density at radius 1 is 0.680 bits per heavy atom. The van der Waals surface area contributed by atoms with Crippen molar-refractivity contribution >= 4 is 0 Å². The van der Waals surface area contributed by atoms with Gasteiger partial charge in [0.2, 0.25) is 0 Å². The van der Waals surface area contributed by atoms with E-state index >= 15 is 0 Å². The van der Waals surface area contributed by atoms with Crippen LogP contribution < -0.4 is 0 Å². The highest BCUT2D eigenvalue weighted by Crippen LogP contribution is 2.15. The Hall–Kier alpha value is -0.500. The predicted octanol–water partition coefficient (Wildman–Crippen LogP) is 7.99. The van der Waals surface area contributed by atoms with Gasteiger partial charge in [-0.25, -0.2) is 5.11 Å². The van der Waals surface area contributed by atoms with Gasteiger partial charge in [0.15, 0.2) is 0 Å². The fraction of sp³-hybridized carbons (Fsp3) is 0.913. The molecule has 0 saturated carbocycles. The van der Waals surface area contributed by atoms with E-state index in [-0.39, 0.29) is 12.7 Å². The fourth-order valence-corrected chi connectivity index (χ4v) is 3.20. The van der Waals surface area contributed by atoms with Crippen molar-refractivity contribution in [2.45, 2.75) is 129 Å². The summed E-state index contributed by atoms with van der Waals surface area (Å²) in [7, 11) is 0. The SMILES string of the molecule is CCCCCCCC/C=C\OC(CCC[O])CCCCCCCCC. The van der Waals surface area contributed by atoms with Gasteiger partial charge in [-0.05, 0) is 44.6 Å². The van der Waals surface area contributed by atoms with E-state index < -0.39 is 0 Å². The molecular weight excluding hydrogens is 308 g/mol. The van der Waals surface area contributed by atoms with Gasteiger partial charge in [0.1, 0.15) is 0 Å². The Morgan fingerprint density at radius 2 is 1.20 bits per heavy atom. The molecule has 1 radical (unpaired) electrons. The highest BCUT2D eigenvalue weighted by molar-refractivity contribution is 4.75. The standard InChI is InChI=1S/C23H45O2/c1-3-5-7-9-11-13-15-17-22-25-23(20-18-21-24)19-16-14-12-10-8-6-4-2/h17,22-23H,3-16,18-21H2,1-2H3/b22-17-. The van der Waals surface area contributed by atoms with Crippen molar-refractivity contribution in [1.29, 1.82) is 0 Å². The van der Waals surface area contributed by atoms with Crippen molar-refractivity contribution in [1.82, 2.24) is 0 Å². The molecule has 0 fully saturated rings. The van der Waals surface area contributed by atoms with Gasteiger partial charge in [-0.2, -0.15) is 0 Å². The highest BCUT2D eigenvalue weighted by atomic mass is 16.5. The molecule has 0 spiro atoms. The monoisotopic (exact) mass is 353 g/mol. The van der Waals surface area contributed by atoms with Gasteiger partial charge in [-0.3, -0.25) is 0 Å². The summed E-state index contributed by atoms with van der Waals surface area (Å²) in [5.41, 5.74) is 0. The number of hydrogen-bond donors (Lipinski definition) is 0. The second-order valence-electron chi connectivity index (χ2n) is 7.44. The maximum atomic E-state index is 10.8. The van der Waals surface area contributed by atoms with Gasteiger partial charge in [0.05, 0.1) is 19.0 Å². The topological polar surface area (TPSA) is 29.1 Å². The number of rotatable bonds is 20. The molecule has 0 aliphatic rings. The molecule has 0 amide bonds. The zero-order valence-electron chi connectivity index (χ0n) is 17.3. The van der Waals surface area contributed by atoms with Crippen LogP contribution in [-0.4, -0.2) is 12.7 Å². The molecule has 0 heterocycles. The van der Waals surface area contributed by atoms with Crippen molar-refractivity contribution in [3.05, 3.63) is 12.3 Å². The van der Waals surface area contributed by atoms with Crippen LogP contribution in [0.3, 0.4) is 0 Å². The first-order valence-corrected chi connectivity index (χ1v) is 11.2. The molecule has 0 aliphatic heterocycles. The molecular formula is C23H45O2. The van der Waals surface area contributed by atoms with E-state index in [9.17, 15) is 5.11 Å². The summed E-state index contributed by atoms with van der Waals surface area (Å²) in [5.74, 6) is 0. The van der Waals surface area contributed by atoms with Crippen LogP contribution in [0.15, 0.2) is 12.3 Å². The minimum Gasteiger partial charge on any atom is -0.498 e. The summed E-state index contributed by atoms with van der Waals surface area (Å²) in [5, 5.41) is 10.8. The molecule has 0 aliphatic carbocycles. The van der Waals surface area contributed by atoms with E-state index in [0.717, 1.165) is 25.7 Å². The molecule has 0 saturated heterocycles. The summed E-state index contributed by atoms with van der Waals surface area (Å²) >= 11 is 0. The van der Waals surface area contributed by atoms with E-state index in [2.05, 4.69) is 19.9 Å². The maximum Gasteiger partial charge on any atom is 0.0979 e. The summed E-state index contributed by atoms with van der Waals surface area (Å²) in [4.78, 5) is 0. The summed E-state index contributed by atoms with van der Waals surface area (Å²) < 4.78 is 5.91. The summed E-state index contributed by atoms with van der Waals surface area (Å²) in [6.45, 7) is 4.55.